The first-order valence-corrected chi connectivity index (χ1v) is 9.15. The molecule has 3 rings (SSSR count). The van der Waals surface area contributed by atoms with Gasteiger partial charge in [0.1, 0.15) is 22.7 Å². The van der Waals surface area contributed by atoms with E-state index in [1.54, 1.807) is 24.3 Å². The summed E-state index contributed by atoms with van der Waals surface area (Å²) in [7, 11) is -2.33. The van der Waals surface area contributed by atoms with E-state index >= 15 is 0 Å². The van der Waals surface area contributed by atoms with E-state index in [2.05, 4.69) is 4.72 Å². The van der Waals surface area contributed by atoms with Crippen LogP contribution in [0.4, 0.5) is 0 Å². The van der Waals surface area contributed by atoms with Gasteiger partial charge in [-0.15, -0.1) is 0 Å². The van der Waals surface area contributed by atoms with Crippen molar-refractivity contribution < 1.29 is 22.7 Å². The number of hydrogen-bond donors (Lipinski definition) is 2. The van der Waals surface area contributed by atoms with Crippen LogP contribution in [0, 0.1) is 0 Å². The summed E-state index contributed by atoms with van der Waals surface area (Å²) < 4.78 is 38.0. The Morgan fingerprint density at radius 3 is 2.64 bits per heavy atom. The number of hydrogen-bond acceptors (Lipinski definition) is 5. The highest BCUT2D eigenvalue weighted by Crippen LogP contribution is 2.28. The Balaban J connectivity index is 1.80. The summed E-state index contributed by atoms with van der Waals surface area (Å²) in [5, 5.41) is 11.5. The van der Waals surface area contributed by atoms with Gasteiger partial charge in [0.05, 0.1) is 12.0 Å². The number of aliphatic hydroxyl groups is 1. The van der Waals surface area contributed by atoms with Crippen molar-refractivity contribution in [1.82, 2.24) is 4.72 Å². The van der Waals surface area contributed by atoms with Crippen molar-refractivity contribution in [3.05, 3.63) is 60.4 Å². The lowest BCUT2D eigenvalue weighted by Gasteiger charge is -2.21. The third kappa shape index (κ3) is 3.68. The average Bonchev–Trinajstić information content (AvgIpc) is 3.05. The second kappa shape index (κ2) is 6.51. The fourth-order valence-corrected chi connectivity index (χ4v) is 3.59. The largest absolute Gasteiger partial charge is 0.497 e. The second-order valence-electron chi connectivity index (χ2n) is 5.93. The molecule has 132 valence electrons. The normalized spacial score (nSPS) is 14.4. The van der Waals surface area contributed by atoms with Gasteiger partial charge < -0.3 is 14.3 Å². The van der Waals surface area contributed by atoms with Gasteiger partial charge in [-0.2, -0.15) is 0 Å². The first kappa shape index (κ1) is 17.5. The molecule has 2 aromatic carbocycles. The predicted octanol–water partition coefficient (Wildman–Crippen LogP) is 2.63. The Hall–Kier alpha value is -2.35. The minimum atomic E-state index is -3.80. The van der Waals surface area contributed by atoms with E-state index in [1.807, 2.05) is 18.2 Å². The third-order valence-corrected chi connectivity index (χ3v) is 5.31. The SMILES string of the molecule is COc1cccc(S(=O)(=O)NCC(C)(O)c2cc3ccccc3o2)c1. The number of ether oxygens (including phenoxy) is 1. The molecule has 0 saturated heterocycles. The molecule has 6 nitrogen and oxygen atoms in total. The number of furan rings is 1. The van der Waals surface area contributed by atoms with Crippen molar-refractivity contribution in [2.75, 3.05) is 13.7 Å². The van der Waals surface area contributed by atoms with Crippen molar-refractivity contribution in [3.63, 3.8) is 0 Å². The highest BCUT2D eigenvalue weighted by molar-refractivity contribution is 7.89. The number of benzene rings is 2. The van der Waals surface area contributed by atoms with Gasteiger partial charge in [0, 0.05) is 18.0 Å². The molecule has 1 unspecified atom stereocenters. The molecule has 0 aliphatic carbocycles. The van der Waals surface area contributed by atoms with Crippen LogP contribution in [0.25, 0.3) is 11.0 Å². The van der Waals surface area contributed by atoms with Crippen molar-refractivity contribution in [2.45, 2.75) is 17.4 Å². The van der Waals surface area contributed by atoms with Crippen LogP contribution in [0.2, 0.25) is 0 Å². The highest BCUT2D eigenvalue weighted by atomic mass is 32.2. The molecule has 0 amide bonds. The lowest BCUT2D eigenvalue weighted by atomic mass is 10.0. The number of fused-ring (bicyclic) bond motifs is 1. The van der Waals surface area contributed by atoms with Crippen LogP contribution in [0.3, 0.4) is 0 Å². The van der Waals surface area contributed by atoms with Crippen molar-refractivity contribution in [2.24, 2.45) is 0 Å². The van der Waals surface area contributed by atoms with Gasteiger partial charge in [-0.3, -0.25) is 0 Å². The van der Waals surface area contributed by atoms with Crippen LogP contribution in [0.1, 0.15) is 12.7 Å². The molecule has 0 radical (unpaired) electrons. The van der Waals surface area contributed by atoms with Crippen LogP contribution in [0.5, 0.6) is 5.75 Å². The van der Waals surface area contributed by atoms with Crippen LogP contribution in [-0.2, 0) is 15.6 Å². The van der Waals surface area contributed by atoms with Crippen LogP contribution < -0.4 is 9.46 Å². The van der Waals surface area contributed by atoms with E-state index in [-0.39, 0.29) is 11.4 Å². The first-order chi connectivity index (χ1) is 11.8. The Morgan fingerprint density at radius 1 is 1.16 bits per heavy atom. The van der Waals surface area contributed by atoms with Gasteiger partial charge in [0.2, 0.25) is 10.0 Å². The lowest BCUT2D eigenvalue weighted by Crippen LogP contribution is -2.38. The first-order valence-electron chi connectivity index (χ1n) is 7.67. The number of para-hydroxylation sites is 1. The van der Waals surface area contributed by atoms with E-state index in [9.17, 15) is 13.5 Å². The predicted molar refractivity (Wildman–Crippen MR) is 94.0 cm³/mol. The van der Waals surface area contributed by atoms with Gasteiger partial charge in [0.25, 0.3) is 0 Å². The summed E-state index contributed by atoms with van der Waals surface area (Å²) in [6.07, 6.45) is 0. The Kier molecular flexibility index (Phi) is 4.55. The average molecular weight is 361 g/mol. The zero-order valence-electron chi connectivity index (χ0n) is 13.9. The summed E-state index contributed by atoms with van der Waals surface area (Å²) in [5.74, 6) is 0.731. The van der Waals surface area contributed by atoms with E-state index in [0.717, 1.165) is 5.39 Å². The molecule has 2 N–H and O–H groups in total. The quantitative estimate of drug-likeness (QED) is 0.705. The number of methoxy groups -OCH3 is 1. The molecule has 25 heavy (non-hydrogen) atoms. The van der Waals surface area contributed by atoms with Gasteiger partial charge in [-0.05, 0) is 31.2 Å². The molecule has 1 heterocycles. The van der Waals surface area contributed by atoms with Gasteiger partial charge in [-0.1, -0.05) is 24.3 Å². The molecule has 1 aromatic heterocycles. The Bertz CT molecular complexity index is 958. The van der Waals surface area contributed by atoms with Crippen molar-refractivity contribution >= 4 is 21.0 Å². The molecular formula is C18H19NO5S. The molecule has 0 bridgehead atoms. The highest BCUT2D eigenvalue weighted by Gasteiger charge is 2.30. The monoisotopic (exact) mass is 361 g/mol. The van der Waals surface area contributed by atoms with E-state index in [1.165, 1.54) is 26.2 Å². The fourth-order valence-electron chi connectivity index (χ4n) is 2.42. The minimum Gasteiger partial charge on any atom is -0.497 e. The maximum Gasteiger partial charge on any atom is 0.240 e. The van der Waals surface area contributed by atoms with Crippen LogP contribution >= 0.6 is 0 Å². The van der Waals surface area contributed by atoms with E-state index in [0.29, 0.717) is 17.1 Å². The summed E-state index contributed by atoms with van der Waals surface area (Å²) in [5.41, 5.74) is -0.862. The third-order valence-electron chi connectivity index (χ3n) is 3.91. The van der Waals surface area contributed by atoms with Crippen molar-refractivity contribution in [3.8, 4) is 5.75 Å². The van der Waals surface area contributed by atoms with Crippen LogP contribution in [-0.4, -0.2) is 27.2 Å². The minimum absolute atomic E-state index is 0.0623. The zero-order valence-corrected chi connectivity index (χ0v) is 14.7. The van der Waals surface area contributed by atoms with E-state index in [4.69, 9.17) is 9.15 Å². The maximum absolute atomic E-state index is 12.4. The molecule has 1 atom stereocenters. The smallest absolute Gasteiger partial charge is 0.240 e. The molecule has 0 fully saturated rings. The summed E-state index contributed by atoms with van der Waals surface area (Å²) in [6.45, 7) is 1.27. The Morgan fingerprint density at radius 2 is 1.92 bits per heavy atom. The molecule has 3 aromatic rings. The van der Waals surface area contributed by atoms with Crippen LogP contribution in [0.15, 0.2) is 63.9 Å². The maximum atomic E-state index is 12.4. The zero-order chi connectivity index (χ0) is 18.1. The van der Waals surface area contributed by atoms with Gasteiger partial charge in [0.15, 0.2) is 0 Å². The molecular weight excluding hydrogens is 342 g/mol. The molecule has 0 aliphatic heterocycles. The number of sulfonamides is 1. The van der Waals surface area contributed by atoms with E-state index < -0.39 is 15.6 Å². The summed E-state index contributed by atoms with van der Waals surface area (Å²) >= 11 is 0. The molecule has 7 heteroatoms. The number of nitrogens with one attached hydrogen (secondary N) is 1. The second-order valence-corrected chi connectivity index (χ2v) is 7.69. The molecule has 0 aliphatic rings. The topological polar surface area (TPSA) is 88.8 Å². The summed E-state index contributed by atoms with van der Waals surface area (Å²) in [4.78, 5) is 0.0623. The number of rotatable bonds is 6. The van der Waals surface area contributed by atoms with Gasteiger partial charge >= 0.3 is 0 Å². The lowest BCUT2D eigenvalue weighted by molar-refractivity contribution is 0.0412. The van der Waals surface area contributed by atoms with Crippen molar-refractivity contribution in [1.29, 1.82) is 0 Å². The fraction of sp³-hybridized carbons (Fsp3) is 0.222. The molecule has 0 spiro atoms. The summed E-state index contributed by atoms with van der Waals surface area (Å²) in [6, 6.07) is 15.2. The van der Waals surface area contributed by atoms with Gasteiger partial charge in [-0.25, -0.2) is 13.1 Å². The Labute approximate surface area is 146 Å². The molecule has 0 saturated carbocycles. The standard InChI is InChI=1S/C18H19NO5S/c1-18(20,17-10-13-6-3-4-9-16(13)24-17)12-19-25(21,22)15-8-5-7-14(11-15)23-2/h3-11,19-20H,12H2,1-2H3.